The Kier molecular flexibility index (Phi) is 4.10. The van der Waals surface area contributed by atoms with Crippen LogP contribution in [0.25, 0.3) is 5.70 Å². The van der Waals surface area contributed by atoms with Crippen LogP contribution < -0.4 is 14.8 Å². The minimum Gasteiger partial charge on any atom is -0.493 e. The van der Waals surface area contributed by atoms with Crippen molar-refractivity contribution in [3.8, 4) is 11.5 Å². The molecule has 3 aromatic rings. The van der Waals surface area contributed by atoms with Gasteiger partial charge in [-0.1, -0.05) is 17.2 Å². The Labute approximate surface area is 148 Å². The number of allylic oxidation sites excluding steroid dienone is 1. The van der Waals surface area contributed by atoms with Crippen LogP contribution in [-0.4, -0.2) is 33.9 Å². The predicted molar refractivity (Wildman–Crippen MR) is 96.0 cm³/mol. The van der Waals surface area contributed by atoms with Gasteiger partial charge in [0.15, 0.2) is 11.5 Å². The molecule has 1 N–H and O–H groups in total. The topological polar surface area (TPSA) is 74.1 Å². The summed E-state index contributed by atoms with van der Waals surface area (Å²) in [5.41, 5.74) is 2.01. The number of hydrogen-bond acceptors (Lipinski definition) is 7. The Morgan fingerprint density at radius 3 is 2.96 bits per heavy atom. The van der Waals surface area contributed by atoms with E-state index in [1.807, 2.05) is 36.6 Å². The fourth-order valence-electron chi connectivity index (χ4n) is 2.81. The van der Waals surface area contributed by atoms with E-state index in [-0.39, 0.29) is 6.04 Å². The molecule has 0 bridgehead atoms. The summed E-state index contributed by atoms with van der Waals surface area (Å²) in [4.78, 5) is 1.14. The molecule has 1 aliphatic rings. The maximum atomic E-state index is 5.61. The quantitative estimate of drug-likeness (QED) is 0.758. The molecule has 25 heavy (non-hydrogen) atoms. The number of aromatic nitrogens is 4. The van der Waals surface area contributed by atoms with Gasteiger partial charge in [-0.05, 0) is 52.6 Å². The largest absolute Gasteiger partial charge is 0.493 e. The first-order chi connectivity index (χ1) is 12.3. The van der Waals surface area contributed by atoms with Crippen LogP contribution in [0.1, 0.15) is 23.4 Å². The van der Waals surface area contributed by atoms with Crippen molar-refractivity contribution in [1.29, 1.82) is 0 Å². The minimum atomic E-state index is -0.132. The van der Waals surface area contributed by atoms with Gasteiger partial charge in [-0.2, -0.15) is 4.68 Å². The van der Waals surface area contributed by atoms with Crippen molar-refractivity contribution < 1.29 is 9.47 Å². The first-order valence-corrected chi connectivity index (χ1v) is 8.79. The van der Waals surface area contributed by atoms with Crippen LogP contribution >= 0.6 is 11.3 Å². The summed E-state index contributed by atoms with van der Waals surface area (Å²) < 4.78 is 12.8. The van der Waals surface area contributed by atoms with E-state index < -0.39 is 0 Å². The first kappa shape index (κ1) is 15.6. The van der Waals surface area contributed by atoms with Crippen LogP contribution in [0.15, 0.2) is 41.8 Å². The van der Waals surface area contributed by atoms with Crippen molar-refractivity contribution in [2.75, 3.05) is 19.0 Å². The van der Waals surface area contributed by atoms with Crippen LogP contribution in [-0.2, 0) is 0 Å². The SMILES string of the molecule is CCOc1ccc(C2C=C(c3cccs3)Nc3nnnn32)cc1OC. The van der Waals surface area contributed by atoms with Gasteiger partial charge in [0.05, 0.1) is 24.3 Å². The summed E-state index contributed by atoms with van der Waals surface area (Å²) in [6.45, 7) is 2.53. The van der Waals surface area contributed by atoms with E-state index in [0.29, 0.717) is 18.3 Å². The van der Waals surface area contributed by atoms with Crippen molar-refractivity contribution in [2.45, 2.75) is 13.0 Å². The molecule has 0 aliphatic carbocycles. The number of nitrogens with zero attached hydrogens (tertiary/aromatic N) is 4. The van der Waals surface area contributed by atoms with Gasteiger partial charge in [0.25, 0.3) is 0 Å². The lowest BCUT2D eigenvalue weighted by Crippen LogP contribution is -2.20. The van der Waals surface area contributed by atoms with Crippen molar-refractivity contribution in [3.63, 3.8) is 0 Å². The molecule has 1 aromatic carbocycles. The number of anilines is 1. The van der Waals surface area contributed by atoms with Gasteiger partial charge in [0.2, 0.25) is 5.95 Å². The molecule has 3 heterocycles. The summed E-state index contributed by atoms with van der Waals surface area (Å²) >= 11 is 1.67. The zero-order valence-electron chi connectivity index (χ0n) is 13.8. The normalized spacial score (nSPS) is 15.9. The van der Waals surface area contributed by atoms with Crippen LogP contribution in [0, 0.1) is 0 Å². The van der Waals surface area contributed by atoms with Crippen molar-refractivity contribution in [1.82, 2.24) is 20.2 Å². The molecule has 8 heteroatoms. The lowest BCUT2D eigenvalue weighted by molar-refractivity contribution is 0.310. The third-order valence-corrected chi connectivity index (χ3v) is 4.85. The van der Waals surface area contributed by atoms with E-state index >= 15 is 0 Å². The monoisotopic (exact) mass is 355 g/mol. The second-order valence-corrected chi connectivity index (χ2v) is 6.37. The Balaban J connectivity index is 1.78. The highest BCUT2D eigenvalue weighted by Crippen LogP contribution is 2.36. The zero-order valence-corrected chi connectivity index (χ0v) is 14.7. The molecule has 128 valence electrons. The predicted octanol–water partition coefficient (Wildman–Crippen LogP) is 3.20. The molecule has 7 nitrogen and oxygen atoms in total. The molecule has 2 aromatic heterocycles. The number of methoxy groups -OCH3 is 1. The number of thiophene rings is 1. The van der Waals surface area contributed by atoms with Gasteiger partial charge < -0.3 is 14.8 Å². The number of nitrogens with one attached hydrogen (secondary N) is 1. The average molecular weight is 355 g/mol. The molecule has 1 unspecified atom stereocenters. The van der Waals surface area contributed by atoms with Crippen LogP contribution in [0.5, 0.6) is 11.5 Å². The molecule has 4 rings (SSSR count). The Hall–Kier alpha value is -2.87. The van der Waals surface area contributed by atoms with Gasteiger partial charge in [-0.3, -0.25) is 0 Å². The summed E-state index contributed by atoms with van der Waals surface area (Å²) in [6, 6.07) is 9.86. The van der Waals surface area contributed by atoms with Crippen molar-refractivity contribution in [2.24, 2.45) is 0 Å². The smallest absolute Gasteiger partial charge is 0.248 e. The lowest BCUT2D eigenvalue weighted by atomic mass is 10.0. The second-order valence-electron chi connectivity index (χ2n) is 5.42. The Morgan fingerprint density at radius 2 is 2.20 bits per heavy atom. The fourth-order valence-corrected chi connectivity index (χ4v) is 3.52. The van der Waals surface area contributed by atoms with E-state index in [4.69, 9.17) is 9.47 Å². The summed E-state index contributed by atoms with van der Waals surface area (Å²) in [7, 11) is 1.64. The molecular formula is C17H17N5O2S. The van der Waals surface area contributed by atoms with E-state index in [1.54, 1.807) is 23.1 Å². The Morgan fingerprint density at radius 1 is 1.28 bits per heavy atom. The van der Waals surface area contributed by atoms with Gasteiger partial charge in [-0.15, -0.1) is 11.3 Å². The van der Waals surface area contributed by atoms with E-state index in [0.717, 1.165) is 21.9 Å². The van der Waals surface area contributed by atoms with Gasteiger partial charge in [0, 0.05) is 0 Å². The van der Waals surface area contributed by atoms with E-state index in [2.05, 4.69) is 33.0 Å². The van der Waals surface area contributed by atoms with Crippen LogP contribution in [0.2, 0.25) is 0 Å². The number of tetrazole rings is 1. The average Bonchev–Trinajstić information content (AvgIpc) is 3.33. The van der Waals surface area contributed by atoms with Crippen molar-refractivity contribution >= 4 is 23.0 Å². The molecule has 0 saturated heterocycles. The fraction of sp³-hybridized carbons (Fsp3) is 0.235. The van der Waals surface area contributed by atoms with Crippen molar-refractivity contribution in [3.05, 3.63) is 52.2 Å². The molecule has 1 atom stereocenters. The summed E-state index contributed by atoms with van der Waals surface area (Å²) in [6.07, 6.45) is 2.12. The minimum absolute atomic E-state index is 0.132. The standard InChI is InChI=1S/C17H17N5O2S/c1-3-24-14-7-6-11(9-15(14)23-2)13-10-12(16-5-4-8-25-16)18-17-19-20-21-22(13)17/h4-10,13H,3H2,1-2H3,(H,18,19,21). The van der Waals surface area contributed by atoms with Gasteiger partial charge in [-0.25, -0.2) is 0 Å². The molecule has 0 spiro atoms. The van der Waals surface area contributed by atoms with Crippen LogP contribution in [0.3, 0.4) is 0 Å². The number of hydrogen-bond donors (Lipinski definition) is 1. The highest BCUT2D eigenvalue weighted by atomic mass is 32.1. The molecule has 0 amide bonds. The summed E-state index contributed by atoms with van der Waals surface area (Å²) in [5.74, 6) is 2.03. The number of benzene rings is 1. The Bertz CT molecular complexity index is 904. The van der Waals surface area contributed by atoms with E-state index in [9.17, 15) is 0 Å². The van der Waals surface area contributed by atoms with Gasteiger partial charge in [0.1, 0.15) is 6.04 Å². The first-order valence-electron chi connectivity index (χ1n) is 7.91. The zero-order chi connectivity index (χ0) is 17.2. The maximum absolute atomic E-state index is 5.61. The number of fused-ring (bicyclic) bond motifs is 1. The highest BCUT2D eigenvalue weighted by molar-refractivity contribution is 7.11. The van der Waals surface area contributed by atoms with E-state index in [1.165, 1.54) is 0 Å². The maximum Gasteiger partial charge on any atom is 0.248 e. The second kappa shape index (κ2) is 6.56. The lowest BCUT2D eigenvalue weighted by Gasteiger charge is -2.23. The molecule has 0 saturated carbocycles. The van der Waals surface area contributed by atoms with Gasteiger partial charge >= 0.3 is 0 Å². The number of rotatable bonds is 5. The number of ether oxygens (including phenoxy) is 2. The highest BCUT2D eigenvalue weighted by Gasteiger charge is 2.25. The summed E-state index contributed by atoms with van der Waals surface area (Å²) in [5, 5.41) is 17.3. The molecule has 0 radical (unpaired) electrons. The van der Waals surface area contributed by atoms with Crippen LogP contribution in [0.4, 0.5) is 5.95 Å². The molecular weight excluding hydrogens is 338 g/mol. The third kappa shape index (κ3) is 2.85. The third-order valence-electron chi connectivity index (χ3n) is 3.94. The molecule has 1 aliphatic heterocycles. The molecule has 0 fully saturated rings.